The summed E-state index contributed by atoms with van der Waals surface area (Å²) >= 11 is 3.65. The molecule has 0 amide bonds. The molecule has 2 rings (SSSR count). The molecule has 0 unspecified atom stereocenters. The number of hydrogen-bond donors (Lipinski definition) is 1. The van der Waals surface area contributed by atoms with Gasteiger partial charge in [0.25, 0.3) is 0 Å². The van der Waals surface area contributed by atoms with Crippen molar-refractivity contribution in [2.24, 2.45) is 0 Å². The van der Waals surface area contributed by atoms with Gasteiger partial charge < -0.3 is 9.73 Å². The molecule has 2 nitrogen and oxygen atoms in total. The third-order valence-electron chi connectivity index (χ3n) is 3.34. The van der Waals surface area contributed by atoms with Gasteiger partial charge in [0.1, 0.15) is 11.3 Å². The van der Waals surface area contributed by atoms with E-state index in [0.29, 0.717) is 6.04 Å². The second-order valence-corrected chi connectivity index (χ2v) is 5.98. The van der Waals surface area contributed by atoms with E-state index in [1.54, 1.807) is 0 Å². The van der Waals surface area contributed by atoms with E-state index >= 15 is 0 Å². The summed E-state index contributed by atoms with van der Waals surface area (Å²) in [5, 5.41) is 4.65. The number of furan rings is 1. The Kier molecular flexibility index (Phi) is 3.83. The van der Waals surface area contributed by atoms with Crippen LogP contribution in [0.1, 0.15) is 36.3 Å². The molecule has 1 heterocycles. The number of hydrogen-bond acceptors (Lipinski definition) is 2. The van der Waals surface area contributed by atoms with E-state index in [-0.39, 0.29) is 0 Å². The lowest BCUT2D eigenvalue weighted by atomic mass is 10.0. The number of rotatable bonds is 3. The van der Waals surface area contributed by atoms with Gasteiger partial charge in [0.2, 0.25) is 0 Å². The van der Waals surface area contributed by atoms with Gasteiger partial charge in [-0.25, -0.2) is 0 Å². The first kappa shape index (κ1) is 13.6. The number of fused-ring (bicyclic) bond motifs is 1. The average Bonchev–Trinajstić information content (AvgIpc) is 2.60. The Hall–Kier alpha value is -0.800. The van der Waals surface area contributed by atoms with Crippen LogP contribution in [0.5, 0.6) is 0 Å². The molecular weight excluding hydrogens is 290 g/mol. The Labute approximate surface area is 117 Å². The van der Waals surface area contributed by atoms with Gasteiger partial charge in [-0.15, -0.1) is 0 Å². The predicted molar refractivity (Wildman–Crippen MR) is 80.1 cm³/mol. The van der Waals surface area contributed by atoms with Crippen LogP contribution in [-0.4, -0.2) is 6.04 Å². The van der Waals surface area contributed by atoms with Gasteiger partial charge in [0.15, 0.2) is 0 Å². The van der Waals surface area contributed by atoms with Crippen molar-refractivity contribution in [3.63, 3.8) is 0 Å². The predicted octanol–water partition coefficient (Wildman–Crippen LogP) is 4.62. The second kappa shape index (κ2) is 5.06. The van der Waals surface area contributed by atoms with Gasteiger partial charge in [-0.05, 0) is 43.5 Å². The molecule has 0 aliphatic heterocycles. The molecule has 0 bridgehead atoms. The van der Waals surface area contributed by atoms with Crippen molar-refractivity contribution in [2.75, 3.05) is 0 Å². The summed E-state index contributed by atoms with van der Waals surface area (Å²) in [7, 11) is 0. The summed E-state index contributed by atoms with van der Waals surface area (Å²) in [5.41, 5.74) is 4.72. The summed E-state index contributed by atoms with van der Waals surface area (Å²) in [6, 6.07) is 2.57. The highest BCUT2D eigenvalue weighted by Gasteiger charge is 2.15. The van der Waals surface area contributed by atoms with Gasteiger partial charge in [0, 0.05) is 15.9 Å². The van der Waals surface area contributed by atoms with Crippen LogP contribution in [0.2, 0.25) is 0 Å². The number of aryl methyl sites for hydroxylation is 3. The van der Waals surface area contributed by atoms with Crippen LogP contribution < -0.4 is 5.32 Å². The molecule has 2 aromatic rings. The molecule has 3 heteroatoms. The Morgan fingerprint density at radius 2 is 1.89 bits per heavy atom. The van der Waals surface area contributed by atoms with E-state index in [1.807, 2.05) is 0 Å². The molecule has 1 aromatic carbocycles. The van der Waals surface area contributed by atoms with E-state index in [4.69, 9.17) is 4.42 Å². The van der Waals surface area contributed by atoms with Gasteiger partial charge >= 0.3 is 0 Å². The fourth-order valence-electron chi connectivity index (χ4n) is 2.28. The zero-order valence-corrected chi connectivity index (χ0v) is 13.2. The molecular formula is C15H20BrNO. The molecule has 0 spiro atoms. The first-order chi connectivity index (χ1) is 8.41. The topological polar surface area (TPSA) is 25.2 Å². The van der Waals surface area contributed by atoms with Crippen molar-refractivity contribution in [3.05, 3.63) is 33.0 Å². The molecule has 0 fully saturated rings. The lowest BCUT2D eigenvalue weighted by molar-refractivity contribution is 0.485. The maximum absolute atomic E-state index is 5.98. The van der Waals surface area contributed by atoms with Crippen molar-refractivity contribution in [1.29, 1.82) is 0 Å². The minimum Gasteiger partial charge on any atom is -0.459 e. The molecule has 0 aliphatic carbocycles. The Bertz CT molecular complexity index is 584. The molecule has 98 valence electrons. The Balaban J connectivity index is 2.53. The molecule has 0 saturated heterocycles. The monoisotopic (exact) mass is 309 g/mol. The minimum atomic E-state index is 0.465. The summed E-state index contributed by atoms with van der Waals surface area (Å²) in [6.45, 7) is 11.4. The summed E-state index contributed by atoms with van der Waals surface area (Å²) in [4.78, 5) is 0. The lowest BCUT2D eigenvalue weighted by Gasteiger charge is -2.06. The van der Waals surface area contributed by atoms with Crippen LogP contribution in [0.3, 0.4) is 0 Å². The molecule has 0 radical (unpaired) electrons. The van der Waals surface area contributed by atoms with Crippen LogP contribution >= 0.6 is 15.9 Å². The van der Waals surface area contributed by atoms with Gasteiger partial charge in [-0.3, -0.25) is 0 Å². The van der Waals surface area contributed by atoms with Crippen molar-refractivity contribution >= 4 is 26.9 Å². The van der Waals surface area contributed by atoms with Crippen LogP contribution in [0, 0.1) is 20.8 Å². The number of benzene rings is 1. The first-order valence-electron chi connectivity index (χ1n) is 6.33. The maximum Gasteiger partial charge on any atom is 0.135 e. The van der Waals surface area contributed by atoms with Crippen LogP contribution in [0.25, 0.3) is 11.0 Å². The summed E-state index contributed by atoms with van der Waals surface area (Å²) in [6.07, 6.45) is 0. The Morgan fingerprint density at radius 3 is 2.50 bits per heavy atom. The van der Waals surface area contributed by atoms with E-state index < -0.39 is 0 Å². The SMILES string of the molecule is Cc1cc2oc(CNC(C)C)c(C)c2c(C)c1Br. The number of halogens is 1. The van der Waals surface area contributed by atoms with Crippen LogP contribution in [0.15, 0.2) is 15.0 Å². The molecule has 0 atom stereocenters. The van der Waals surface area contributed by atoms with Crippen LogP contribution in [-0.2, 0) is 6.54 Å². The van der Waals surface area contributed by atoms with Crippen molar-refractivity contribution in [1.82, 2.24) is 5.32 Å². The lowest BCUT2D eigenvalue weighted by Crippen LogP contribution is -2.21. The molecule has 1 N–H and O–H groups in total. The van der Waals surface area contributed by atoms with Crippen molar-refractivity contribution in [2.45, 2.75) is 47.2 Å². The molecule has 0 aliphatic rings. The second-order valence-electron chi connectivity index (χ2n) is 5.19. The highest BCUT2D eigenvalue weighted by Crippen LogP contribution is 2.34. The third kappa shape index (κ3) is 2.34. The van der Waals surface area contributed by atoms with E-state index in [1.165, 1.54) is 26.5 Å². The average molecular weight is 310 g/mol. The Morgan fingerprint density at radius 1 is 1.22 bits per heavy atom. The minimum absolute atomic E-state index is 0.465. The standard InChI is InChI=1S/C15H20BrNO/c1-8(2)17-7-13-10(4)14-11(5)15(16)9(3)6-12(14)18-13/h6,8,17H,7H2,1-5H3. The smallest absolute Gasteiger partial charge is 0.135 e. The molecule has 0 saturated carbocycles. The van der Waals surface area contributed by atoms with Gasteiger partial charge in [-0.1, -0.05) is 29.8 Å². The quantitative estimate of drug-likeness (QED) is 0.895. The van der Waals surface area contributed by atoms with Crippen molar-refractivity contribution < 1.29 is 4.42 Å². The van der Waals surface area contributed by atoms with Crippen LogP contribution in [0.4, 0.5) is 0 Å². The zero-order valence-electron chi connectivity index (χ0n) is 11.6. The normalized spacial score (nSPS) is 11.7. The highest BCUT2D eigenvalue weighted by molar-refractivity contribution is 9.10. The fraction of sp³-hybridized carbons (Fsp3) is 0.467. The van der Waals surface area contributed by atoms with E-state index in [0.717, 1.165) is 17.9 Å². The third-order valence-corrected chi connectivity index (χ3v) is 4.56. The van der Waals surface area contributed by atoms with Crippen molar-refractivity contribution in [3.8, 4) is 0 Å². The molecule has 18 heavy (non-hydrogen) atoms. The largest absolute Gasteiger partial charge is 0.459 e. The highest BCUT2D eigenvalue weighted by atomic mass is 79.9. The van der Waals surface area contributed by atoms with Gasteiger partial charge in [0.05, 0.1) is 6.54 Å². The molecule has 1 aromatic heterocycles. The maximum atomic E-state index is 5.98. The summed E-state index contributed by atoms with van der Waals surface area (Å²) in [5.74, 6) is 1.04. The number of nitrogens with one attached hydrogen (secondary N) is 1. The zero-order chi connectivity index (χ0) is 13.4. The van der Waals surface area contributed by atoms with Gasteiger partial charge in [-0.2, -0.15) is 0 Å². The van der Waals surface area contributed by atoms with E-state index in [2.05, 4.69) is 61.9 Å². The van der Waals surface area contributed by atoms with E-state index in [9.17, 15) is 0 Å². The first-order valence-corrected chi connectivity index (χ1v) is 7.12. The summed E-state index contributed by atoms with van der Waals surface area (Å²) < 4.78 is 7.17. The fourth-order valence-corrected chi connectivity index (χ4v) is 2.60.